The monoisotopic (exact) mass is 384 g/mol. The first kappa shape index (κ1) is 18.2. The van der Waals surface area contributed by atoms with Gasteiger partial charge in [-0.3, -0.25) is 0 Å². The minimum atomic E-state index is -0.348. The van der Waals surface area contributed by atoms with Crippen molar-refractivity contribution in [3.05, 3.63) is 81.8 Å². The first-order valence-corrected chi connectivity index (χ1v) is 9.11. The lowest BCUT2D eigenvalue weighted by atomic mass is 10.1. The third-order valence-corrected chi connectivity index (χ3v) is 5.00. The van der Waals surface area contributed by atoms with Crippen molar-refractivity contribution < 1.29 is 4.39 Å². The highest BCUT2D eigenvalue weighted by molar-refractivity contribution is 7.98. The Labute approximate surface area is 159 Å². The highest BCUT2D eigenvalue weighted by atomic mass is 35.5. The number of aromatic nitrogens is 2. The van der Waals surface area contributed by atoms with Crippen molar-refractivity contribution in [1.82, 2.24) is 9.97 Å². The minimum Gasteiger partial charge on any atom is -0.382 e. The summed E-state index contributed by atoms with van der Waals surface area (Å²) in [5.41, 5.74) is 7.90. The number of hydrogen-bond donors (Lipinski definition) is 1. The van der Waals surface area contributed by atoms with Crippen LogP contribution in [0.2, 0.25) is 5.02 Å². The third-order valence-electron chi connectivity index (χ3n) is 3.73. The van der Waals surface area contributed by atoms with E-state index in [1.165, 1.54) is 17.8 Å². The predicted octanol–water partition coefficient (Wildman–Crippen LogP) is 4.61. The number of nitrogen functional groups attached to an aromatic ring is 1. The Morgan fingerprint density at radius 2 is 1.77 bits per heavy atom. The fourth-order valence-corrected chi connectivity index (χ4v) is 3.55. The molecular weight excluding hydrogens is 371 g/mol. The molecule has 7 heteroatoms. The van der Waals surface area contributed by atoms with Gasteiger partial charge in [0.05, 0.1) is 5.69 Å². The van der Waals surface area contributed by atoms with Gasteiger partial charge in [0.2, 0.25) is 0 Å². The van der Waals surface area contributed by atoms with Crippen LogP contribution in [0, 0.1) is 17.1 Å². The smallest absolute Gasteiger partial charge is 0.190 e. The standard InChI is InChI=1S/C19H14ClFN4S/c20-15-7-3-1-6-13(15)11-26-19-24-17(14(10-22)18(23)25-19)9-12-5-2-4-8-16(12)21/h1-8H,9,11H2,(H2,23,24,25). The summed E-state index contributed by atoms with van der Waals surface area (Å²) in [6.45, 7) is 0. The molecule has 130 valence electrons. The molecule has 0 radical (unpaired) electrons. The van der Waals surface area contributed by atoms with Gasteiger partial charge in [0.25, 0.3) is 0 Å². The van der Waals surface area contributed by atoms with Crippen molar-refractivity contribution in [2.24, 2.45) is 0 Å². The molecule has 2 N–H and O–H groups in total. The second kappa shape index (κ2) is 8.17. The average Bonchev–Trinajstić information content (AvgIpc) is 2.63. The molecule has 26 heavy (non-hydrogen) atoms. The van der Waals surface area contributed by atoms with Crippen LogP contribution in [0.15, 0.2) is 53.7 Å². The van der Waals surface area contributed by atoms with E-state index in [0.717, 1.165) is 5.56 Å². The minimum absolute atomic E-state index is 0.0931. The van der Waals surface area contributed by atoms with Crippen LogP contribution in [0.4, 0.5) is 10.2 Å². The van der Waals surface area contributed by atoms with E-state index in [4.69, 9.17) is 17.3 Å². The molecule has 0 unspecified atom stereocenters. The number of anilines is 1. The first-order valence-electron chi connectivity index (χ1n) is 7.74. The van der Waals surface area contributed by atoms with Crippen molar-refractivity contribution in [2.75, 3.05) is 5.73 Å². The SMILES string of the molecule is N#Cc1c(N)nc(SCc2ccccc2Cl)nc1Cc1ccccc1F. The van der Waals surface area contributed by atoms with E-state index < -0.39 is 0 Å². The molecule has 0 saturated carbocycles. The van der Waals surface area contributed by atoms with Crippen LogP contribution >= 0.6 is 23.4 Å². The lowest BCUT2D eigenvalue weighted by Crippen LogP contribution is -2.06. The van der Waals surface area contributed by atoms with Crippen molar-refractivity contribution in [3.63, 3.8) is 0 Å². The van der Waals surface area contributed by atoms with E-state index in [1.54, 1.807) is 18.2 Å². The topological polar surface area (TPSA) is 75.6 Å². The number of nitriles is 1. The quantitative estimate of drug-likeness (QED) is 0.513. The Morgan fingerprint density at radius 1 is 1.08 bits per heavy atom. The van der Waals surface area contributed by atoms with E-state index in [1.807, 2.05) is 30.3 Å². The molecule has 1 aromatic heterocycles. The highest BCUT2D eigenvalue weighted by Gasteiger charge is 2.15. The lowest BCUT2D eigenvalue weighted by molar-refractivity contribution is 0.612. The van der Waals surface area contributed by atoms with Crippen molar-refractivity contribution in [2.45, 2.75) is 17.3 Å². The molecule has 0 saturated heterocycles. The Kier molecular flexibility index (Phi) is 5.71. The Bertz CT molecular complexity index is 988. The molecule has 0 aliphatic carbocycles. The Balaban J connectivity index is 1.88. The van der Waals surface area contributed by atoms with Crippen molar-refractivity contribution in [3.8, 4) is 6.07 Å². The fraction of sp³-hybridized carbons (Fsp3) is 0.105. The van der Waals surface area contributed by atoms with E-state index in [9.17, 15) is 9.65 Å². The molecule has 0 aliphatic rings. The zero-order chi connectivity index (χ0) is 18.5. The maximum absolute atomic E-state index is 13.9. The summed E-state index contributed by atoms with van der Waals surface area (Å²) in [5, 5.41) is 10.4. The first-order chi connectivity index (χ1) is 12.6. The summed E-state index contributed by atoms with van der Waals surface area (Å²) in [6, 6.07) is 15.9. The van der Waals surface area contributed by atoms with Crippen LogP contribution in [0.5, 0.6) is 0 Å². The number of rotatable bonds is 5. The normalized spacial score (nSPS) is 10.5. The van der Waals surface area contributed by atoms with E-state index >= 15 is 0 Å². The Hall–Kier alpha value is -2.62. The molecule has 0 atom stereocenters. The van der Waals surface area contributed by atoms with Crippen molar-refractivity contribution >= 4 is 29.2 Å². The van der Waals surface area contributed by atoms with E-state index in [0.29, 0.717) is 27.2 Å². The molecule has 1 heterocycles. The molecule has 2 aromatic carbocycles. The molecular formula is C19H14ClFN4S. The summed E-state index contributed by atoms with van der Waals surface area (Å²) in [7, 11) is 0. The number of thioether (sulfide) groups is 1. The molecule has 0 aliphatic heterocycles. The predicted molar refractivity (Wildman–Crippen MR) is 101 cm³/mol. The van der Waals surface area contributed by atoms with Gasteiger partial charge in [-0.05, 0) is 23.3 Å². The number of nitrogens with zero attached hydrogens (tertiary/aromatic N) is 3. The number of hydrogen-bond acceptors (Lipinski definition) is 5. The van der Waals surface area contributed by atoms with Crippen LogP contribution in [0.1, 0.15) is 22.4 Å². The third kappa shape index (κ3) is 4.13. The maximum atomic E-state index is 13.9. The summed E-state index contributed by atoms with van der Waals surface area (Å²) in [4.78, 5) is 8.61. The number of nitrogens with two attached hydrogens (primary N) is 1. The van der Waals surface area contributed by atoms with Crippen LogP contribution in [0.3, 0.4) is 0 Å². The summed E-state index contributed by atoms with van der Waals surface area (Å²) in [6.07, 6.45) is 0.169. The summed E-state index contributed by atoms with van der Waals surface area (Å²) < 4.78 is 13.9. The van der Waals surface area contributed by atoms with Crippen LogP contribution < -0.4 is 5.73 Å². The second-order valence-electron chi connectivity index (χ2n) is 5.47. The maximum Gasteiger partial charge on any atom is 0.190 e. The summed E-state index contributed by atoms with van der Waals surface area (Å²) >= 11 is 7.52. The van der Waals surface area contributed by atoms with Gasteiger partial charge in [-0.25, -0.2) is 14.4 Å². The number of halogens is 2. The summed E-state index contributed by atoms with van der Waals surface area (Å²) in [5.74, 6) is 0.304. The zero-order valence-corrected chi connectivity index (χ0v) is 15.2. The van der Waals surface area contributed by atoms with Crippen molar-refractivity contribution in [1.29, 1.82) is 5.26 Å². The van der Waals surface area contributed by atoms with Gasteiger partial charge in [0.15, 0.2) is 5.16 Å². The van der Waals surface area contributed by atoms with Gasteiger partial charge >= 0.3 is 0 Å². The van der Waals surface area contributed by atoms with Crippen LogP contribution in [-0.2, 0) is 12.2 Å². The van der Waals surface area contributed by atoms with Gasteiger partial charge in [-0.15, -0.1) is 0 Å². The Morgan fingerprint density at radius 3 is 2.46 bits per heavy atom. The van der Waals surface area contributed by atoms with Gasteiger partial charge in [-0.2, -0.15) is 5.26 Å². The molecule has 0 spiro atoms. The zero-order valence-electron chi connectivity index (χ0n) is 13.6. The molecule has 3 rings (SSSR count). The van der Waals surface area contributed by atoms with Gasteiger partial charge in [0, 0.05) is 17.2 Å². The molecule has 0 amide bonds. The highest BCUT2D eigenvalue weighted by Crippen LogP contribution is 2.27. The molecule has 3 aromatic rings. The van der Waals surface area contributed by atoms with Gasteiger partial charge in [0.1, 0.15) is 23.3 Å². The number of benzene rings is 2. The fourth-order valence-electron chi connectivity index (χ4n) is 2.40. The molecule has 4 nitrogen and oxygen atoms in total. The van der Waals surface area contributed by atoms with Gasteiger partial charge in [-0.1, -0.05) is 59.8 Å². The molecule has 0 bridgehead atoms. The average molecular weight is 385 g/mol. The second-order valence-corrected chi connectivity index (χ2v) is 6.82. The largest absolute Gasteiger partial charge is 0.382 e. The molecule has 0 fully saturated rings. The van der Waals surface area contributed by atoms with Crippen LogP contribution in [-0.4, -0.2) is 9.97 Å². The van der Waals surface area contributed by atoms with Crippen LogP contribution in [0.25, 0.3) is 0 Å². The van der Waals surface area contributed by atoms with E-state index in [-0.39, 0.29) is 23.6 Å². The van der Waals surface area contributed by atoms with Gasteiger partial charge < -0.3 is 5.73 Å². The van der Waals surface area contributed by atoms with E-state index in [2.05, 4.69) is 9.97 Å². The lowest BCUT2D eigenvalue weighted by Gasteiger charge is -2.09.